The molecule has 0 aliphatic heterocycles. The molecule has 0 unspecified atom stereocenters. The average molecular weight is 232 g/mol. The van der Waals surface area contributed by atoms with Gasteiger partial charge in [-0.2, -0.15) is 0 Å². The Balaban J connectivity index is 2.59. The van der Waals surface area contributed by atoms with Gasteiger partial charge in [-0.1, -0.05) is 24.3 Å². The smallest absolute Gasteiger partial charge is 0.377 e. The molecule has 86 valence electrons. The lowest BCUT2D eigenvalue weighted by atomic mass is 10.0. The molecule has 0 saturated carbocycles. The lowest BCUT2D eigenvalue weighted by molar-refractivity contribution is -0.131. The second-order valence-electron chi connectivity index (χ2n) is 3.34. The maximum absolute atomic E-state index is 11.4. The van der Waals surface area contributed by atoms with E-state index >= 15 is 0 Å². The van der Waals surface area contributed by atoms with Crippen LogP contribution in [0.5, 0.6) is 0 Å². The van der Waals surface area contributed by atoms with E-state index in [0.717, 1.165) is 0 Å². The molecule has 1 aromatic heterocycles. The van der Waals surface area contributed by atoms with Crippen molar-refractivity contribution in [2.45, 2.75) is 0 Å². The Morgan fingerprint density at radius 2 is 1.88 bits per heavy atom. The van der Waals surface area contributed by atoms with Crippen LogP contribution >= 0.6 is 0 Å². The highest BCUT2D eigenvalue weighted by Gasteiger charge is 2.19. The number of rotatable bonds is 3. The number of imidazole rings is 1. The predicted molar refractivity (Wildman–Crippen MR) is 58.8 cm³/mol. The molecular formula is C11H8N2O4. The first-order valence-electron chi connectivity index (χ1n) is 4.74. The van der Waals surface area contributed by atoms with Crippen molar-refractivity contribution in [1.29, 1.82) is 0 Å². The quantitative estimate of drug-likeness (QED) is 0.533. The van der Waals surface area contributed by atoms with Crippen molar-refractivity contribution in [3.8, 4) is 11.3 Å². The summed E-state index contributed by atoms with van der Waals surface area (Å²) >= 11 is 0. The van der Waals surface area contributed by atoms with Crippen LogP contribution in [-0.4, -0.2) is 26.8 Å². The second-order valence-corrected chi connectivity index (χ2v) is 3.34. The zero-order valence-electron chi connectivity index (χ0n) is 8.56. The van der Waals surface area contributed by atoms with Crippen molar-refractivity contribution >= 4 is 11.8 Å². The van der Waals surface area contributed by atoms with Gasteiger partial charge < -0.3 is 15.1 Å². The number of aliphatic carboxylic acids is 1. The lowest BCUT2D eigenvalue weighted by Gasteiger charge is -2.03. The van der Waals surface area contributed by atoms with Crippen LogP contribution in [0.4, 0.5) is 0 Å². The molecule has 1 heterocycles. The highest BCUT2D eigenvalue weighted by Crippen LogP contribution is 2.20. The number of hydrogen-bond donors (Lipinski definition) is 3. The van der Waals surface area contributed by atoms with Crippen molar-refractivity contribution in [1.82, 2.24) is 9.97 Å². The molecule has 0 aliphatic rings. The van der Waals surface area contributed by atoms with Crippen LogP contribution in [-0.2, 0) is 4.79 Å². The maximum atomic E-state index is 11.4. The van der Waals surface area contributed by atoms with Gasteiger partial charge >= 0.3 is 11.7 Å². The number of carboxylic acids is 1. The summed E-state index contributed by atoms with van der Waals surface area (Å²) in [4.78, 5) is 37.9. The molecule has 0 saturated heterocycles. The van der Waals surface area contributed by atoms with Crippen molar-refractivity contribution in [2.75, 3.05) is 0 Å². The third-order valence-corrected chi connectivity index (χ3v) is 2.25. The van der Waals surface area contributed by atoms with Gasteiger partial charge in [-0.25, -0.2) is 9.59 Å². The lowest BCUT2D eigenvalue weighted by Crippen LogP contribution is -2.13. The third kappa shape index (κ3) is 2.00. The first-order chi connectivity index (χ1) is 8.09. The Morgan fingerprint density at radius 3 is 2.47 bits per heavy atom. The first kappa shape index (κ1) is 10.9. The molecule has 6 heteroatoms. The summed E-state index contributed by atoms with van der Waals surface area (Å²) in [5, 5.41) is 8.68. The summed E-state index contributed by atoms with van der Waals surface area (Å²) in [6.45, 7) is 0. The van der Waals surface area contributed by atoms with Gasteiger partial charge in [0, 0.05) is 17.3 Å². The topological polar surface area (TPSA) is 103 Å². The van der Waals surface area contributed by atoms with E-state index in [1.165, 1.54) is 12.3 Å². The number of hydrogen-bond acceptors (Lipinski definition) is 3. The number of nitrogens with one attached hydrogen (secondary N) is 2. The van der Waals surface area contributed by atoms with E-state index < -0.39 is 17.4 Å². The molecule has 17 heavy (non-hydrogen) atoms. The van der Waals surface area contributed by atoms with E-state index in [4.69, 9.17) is 5.11 Å². The summed E-state index contributed by atoms with van der Waals surface area (Å²) in [6.07, 6.45) is 1.39. The number of H-pyrrole nitrogens is 2. The Labute approximate surface area is 94.9 Å². The second kappa shape index (κ2) is 4.09. The standard InChI is InChI=1S/C11H8N2O4/c14-9(10(15)16)7-4-2-1-3-6(7)8-5-12-11(17)13-8/h1-5H,(H,15,16)(H2,12,13,17). The van der Waals surface area contributed by atoms with Crippen molar-refractivity contribution in [2.24, 2.45) is 0 Å². The number of aromatic nitrogens is 2. The Kier molecular flexibility index (Phi) is 2.61. The highest BCUT2D eigenvalue weighted by molar-refractivity contribution is 6.41. The number of Topliss-reactive ketones (excluding diaryl/α,β-unsaturated/α-hetero) is 1. The maximum Gasteiger partial charge on any atom is 0.377 e. The number of aromatic amines is 2. The number of benzene rings is 1. The van der Waals surface area contributed by atoms with E-state index in [2.05, 4.69) is 9.97 Å². The molecule has 3 N–H and O–H groups in total. The van der Waals surface area contributed by atoms with Gasteiger partial charge in [-0.15, -0.1) is 0 Å². The van der Waals surface area contributed by atoms with Crippen LogP contribution in [0.3, 0.4) is 0 Å². The zero-order chi connectivity index (χ0) is 12.4. The van der Waals surface area contributed by atoms with Crippen LogP contribution in [0.1, 0.15) is 10.4 Å². The third-order valence-electron chi connectivity index (χ3n) is 2.25. The summed E-state index contributed by atoms with van der Waals surface area (Å²) in [5.74, 6) is -2.54. The SMILES string of the molecule is O=C(O)C(=O)c1ccccc1-c1c[nH]c(=O)[nH]1. The molecule has 2 rings (SSSR count). The van der Waals surface area contributed by atoms with E-state index in [-0.39, 0.29) is 5.56 Å². The molecule has 2 aromatic rings. The van der Waals surface area contributed by atoms with E-state index in [0.29, 0.717) is 11.3 Å². The van der Waals surface area contributed by atoms with Crippen molar-refractivity contribution in [3.63, 3.8) is 0 Å². The van der Waals surface area contributed by atoms with Crippen LogP contribution in [0.2, 0.25) is 0 Å². The Bertz CT molecular complexity index is 639. The molecular weight excluding hydrogens is 224 g/mol. The number of carbonyl (C=O) groups excluding carboxylic acids is 1. The van der Waals surface area contributed by atoms with Crippen LogP contribution < -0.4 is 5.69 Å². The Hall–Kier alpha value is -2.63. The zero-order valence-corrected chi connectivity index (χ0v) is 8.56. The molecule has 0 bridgehead atoms. The van der Waals surface area contributed by atoms with Gasteiger partial charge in [-0.3, -0.25) is 4.79 Å². The van der Waals surface area contributed by atoms with Gasteiger partial charge in [0.15, 0.2) is 0 Å². The number of carboxylic acid groups (broad SMARTS) is 1. The molecule has 0 spiro atoms. The van der Waals surface area contributed by atoms with Crippen LogP contribution in [0.15, 0.2) is 35.3 Å². The van der Waals surface area contributed by atoms with E-state index in [1.54, 1.807) is 18.2 Å². The summed E-state index contributed by atoms with van der Waals surface area (Å²) in [6, 6.07) is 6.18. The molecule has 0 atom stereocenters. The number of carbonyl (C=O) groups is 2. The summed E-state index contributed by atoms with van der Waals surface area (Å²) in [7, 11) is 0. The highest BCUT2D eigenvalue weighted by atomic mass is 16.4. The van der Waals surface area contributed by atoms with E-state index in [1.807, 2.05) is 0 Å². The summed E-state index contributed by atoms with van der Waals surface area (Å²) in [5.41, 5.74) is 0.367. The van der Waals surface area contributed by atoms with Gasteiger partial charge in [0.2, 0.25) is 0 Å². The minimum Gasteiger partial charge on any atom is -0.475 e. The van der Waals surface area contributed by atoms with Gasteiger partial charge in [0.05, 0.1) is 5.69 Å². The minimum absolute atomic E-state index is 0.0373. The largest absolute Gasteiger partial charge is 0.475 e. The normalized spacial score (nSPS) is 10.1. The minimum atomic E-state index is -1.53. The van der Waals surface area contributed by atoms with Gasteiger partial charge in [0.25, 0.3) is 5.78 Å². The van der Waals surface area contributed by atoms with Gasteiger partial charge in [-0.05, 0) is 0 Å². The monoisotopic (exact) mass is 232 g/mol. The molecule has 0 amide bonds. The fraction of sp³-hybridized carbons (Fsp3) is 0. The van der Waals surface area contributed by atoms with Crippen molar-refractivity contribution in [3.05, 3.63) is 46.5 Å². The van der Waals surface area contributed by atoms with Crippen LogP contribution in [0.25, 0.3) is 11.3 Å². The molecule has 6 nitrogen and oxygen atoms in total. The summed E-state index contributed by atoms with van der Waals surface area (Å²) < 4.78 is 0. The number of ketones is 1. The fourth-order valence-corrected chi connectivity index (χ4v) is 1.51. The van der Waals surface area contributed by atoms with Gasteiger partial charge in [0.1, 0.15) is 0 Å². The fourth-order valence-electron chi connectivity index (χ4n) is 1.51. The molecule has 0 fully saturated rings. The Morgan fingerprint density at radius 1 is 1.18 bits per heavy atom. The van der Waals surface area contributed by atoms with Crippen LogP contribution in [0, 0.1) is 0 Å². The van der Waals surface area contributed by atoms with Crippen molar-refractivity contribution < 1.29 is 14.7 Å². The predicted octanol–water partition coefficient (Wildman–Crippen LogP) is 0.637. The first-order valence-corrected chi connectivity index (χ1v) is 4.74. The molecule has 0 radical (unpaired) electrons. The molecule has 0 aliphatic carbocycles. The van der Waals surface area contributed by atoms with E-state index in [9.17, 15) is 14.4 Å². The molecule has 1 aromatic carbocycles. The average Bonchev–Trinajstić information content (AvgIpc) is 2.74.